The van der Waals surface area contributed by atoms with Gasteiger partial charge in [0.1, 0.15) is 11.6 Å². The molecule has 0 atom stereocenters. The zero-order valence-electron chi connectivity index (χ0n) is 15.7. The summed E-state index contributed by atoms with van der Waals surface area (Å²) in [5, 5.41) is 4.72. The molecule has 144 valence electrons. The second-order valence-corrected chi connectivity index (χ2v) is 7.45. The molecule has 2 aromatic heterocycles. The van der Waals surface area contributed by atoms with Crippen molar-refractivity contribution >= 4 is 34.4 Å². The van der Waals surface area contributed by atoms with Crippen LogP contribution in [0.1, 0.15) is 9.67 Å². The molecular formula is C21H22N4O2S. The van der Waals surface area contributed by atoms with Gasteiger partial charge in [-0.25, -0.2) is 4.98 Å². The third kappa shape index (κ3) is 4.09. The van der Waals surface area contributed by atoms with E-state index in [4.69, 9.17) is 4.74 Å². The smallest absolute Gasteiger partial charge is 0.266 e. The van der Waals surface area contributed by atoms with Crippen LogP contribution in [0.15, 0.2) is 60.1 Å². The Hall–Kier alpha value is -3.06. The van der Waals surface area contributed by atoms with Crippen molar-refractivity contribution in [3.05, 3.63) is 65.0 Å². The first-order valence-electron chi connectivity index (χ1n) is 9.18. The molecule has 1 amide bonds. The average Bonchev–Trinajstić information content (AvgIpc) is 3.30. The predicted octanol–water partition coefficient (Wildman–Crippen LogP) is 3.73. The van der Waals surface area contributed by atoms with Crippen LogP contribution in [0.5, 0.6) is 5.75 Å². The minimum Gasteiger partial charge on any atom is -0.497 e. The van der Waals surface area contributed by atoms with Gasteiger partial charge >= 0.3 is 0 Å². The number of amides is 1. The van der Waals surface area contributed by atoms with Crippen molar-refractivity contribution in [3.8, 4) is 5.75 Å². The van der Waals surface area contributed by atoms with Gasteiger partial charge in [0.2, 0.25) is 0 Å². The second-order valence-electron chi connectivity index (χ2n) is 6.51. The number of benzene rings is 1. The molecule has 1 fully saturated rings. The van der Waals surface area contributed by atoms with Crippen LogP contribution >= 0.6 is 11.3 Å². The highest BCUT2D eigenvalue weighted by Gasteiger charge is 2.18. The molecule has 0 spiro atoms. The van der Waals surface area contributed by atoms with Crippen molar-refractivity contribution in [2.45, 2.75) is 0 Å². The number of methoxy groups -OCH3 is 1. The summed E-state index contributed by atoms with van der Waals surface area (Å²) >= 11 is 1.42. The quantitative estimate of drug-likeness (QED) is 0.715. The van der Waals surface area contributed by atoms with E-state index in [-0.39, 0.29) is 5.91 Å². The van der Waals surface area contributed by atoms with Crippen molar-refractivity contribution in [1.29, 1.82) is 0 Å². The number of hydrogen-bond acceptors (Lipinski definition) is 6. The van der Waals surface area contributed by atoms with Crippen molar-refractivity contribution in [2.75, 3.05) is 48.4 Å². The predicted molar refractivity (Wildman–Crippen MR) is 114 cm³/mol. The summed E-state index contributed by atoms with van der Waals surface area (Å²) in [6.07, 6.45) is 1.83. The number of hydrogen-bond donors (Lipinski definition) is 1. The zero-order chi connectivity index (χ0) is 19.3. The number of thiophene rings is 1. The number of piperazine rings is 1. The number of nitrogens with zero attached hydrogens (tertiary/aromatic N) is 3. The highest BCUT2D eigenvalue weighted by molar-refractivity contribution is 7.12. The van der Waals surface area contributed by atoms with Crippen LogP contribution in [-0.2, 0) is 0 Å². The fourth-order valence-electron chi connectivity index (χ4n) is 3.25. The maximum atomic E-state index is 12.1. The Morgan fingerprint density at radius 2 is 1.68 bits per heavy atom. The number of pyridine rings is 1. The van der Waals surface area contributed by atoms with Gasteiger partial charge in [-0.3, -0.25) is 4.79 Å². The maximum Gasteiger partial charge on any atom is 0.266 e. The van der Waals surface area contributed by atoms with Gasteiger partial charge in [-0.05, 0) is 47.8 Å². The largest absolute Gasteiger partial charge is 0.497 e. The summed E-state index contributed by atoms with van der Waals surface area (Å²) in [6, 6.07) is 15.7. The fraction of sp³-hybridized carbons (Fsp3) is 0.238. The molecule has 1 aromatic carbocycles. The Morgan fingerprint density at radius 1 is 1.00 bits per heavy atom. The summed E-state index contributed by atoms with van der Waals surface area (Å²) in [7, 11) is 1.68. The lowest BCUT2D eigenvalue weighted by molar-refractivity contribution is 0.103. The summed E-state index contributed by atoms with van der Waals surface area (Å²) in [5.74, 6) is 1.32. The zero-order valence-corrected chi connectivity index (χ0v) is 16.5. The molecule has 1 N–H and O–H groups in total. The van der Waals surface area contributed by atoms with Gasteiger partial charge in [-0.1, -0.05) is 6.07 Å². The fourth-order valence-corrected chi connectivity index (χ4v) is 3.87. The van der Waals surface area contributed by atoms with Gasteiger partial charge in [0, 0.05) is 31.9 Å². The molecule has 1 saturated heterocycles. The number of carbonyl (C=O) groups is 1. The normalized spacial score (nSPS) is 14.0. The van der Waals surface area contributed by atoms with E-state index in [0.29, 0.717) is 10.7 Å². The first-order chi connectivity index (χ1) is 13.7. The lowest BCUT2D eigenvalue weighted by Crippen LogP contribution is -2.46. The molecule has 7 heteroatoms. The third-order valence-electron chi connectivity index (χ3n) is 4.82. The molecule has 1 aliphatic heterocycles. The molecule has 0 saturated carbocycles. The standard InChI is InChI=1S/C21H22N4O2S/c1-27-18-7-4-16(5-8-18)24-10-12-25(13-11-24)17-6-9-20(22-15-17)23-21(26)19-3-2-14-28-19/h2-9,14-15H,10-13H2,1H3,(H,22,23,26). The van der Waals surface area contributed by atoms with Crippen LogP contribution in [0, 0.1) is 0 Å². The molecule has 0 radical (unpaired) electrons. The summed E-state index contributed by atoms with van der Waals surface area (Å²) in [6.45, 7) is 3.75. The van der Waals surface area contributed by atoms with E-state index in [2.05, 4.69) is 32.2 Å². The van der Waals surface area contributed by atoms with Crippen molar-refractivity contribution in [2.24, 2.45) is 0 Å². The lowest BCUT2D eigenvalue weighted by Gasteiger charge is -2.37. The van der Waals surface area contributed by atoms with E-state index in [0.717, 1.165) is 37.6 Å². The molecule has 0 unspecified atom stereocenters. The highest BCUT2D eigenvalue weighted by Crippen LogP contribution is 2.23. The molecule has 1 aliphatic rings. The first-order valence-corrected chi connectivity index (χ1v) is 10.1. The van der Waals surface area contributed by atoms with E-state index >= 15 is 0 Å². The van der Waals surface area contributed by atoms with E-state index in [1.54, 1.807) is 13.2 Å². The number of aromatic nitrogens is 1. The molecule has 0 aliphatic carbocycles. The topological polar surface area (TPSA) is 57.7 Å². The van der Waals surface area contributed by atoms with Crippen LogP contribution in [0.2, 0.25) is 0 Å². The molecule has 3 heterocycles. The van der Waals surface area contributed by atoms with Crippen LogP contribution in [0.25, 0.3) is 0 Å². The monoisotopic (exact) mass is 394 g/mol. The van der Waals surface area contributed by atoms with E-state index < -0.39 is 0 Å². The average molecular weight is 395 g/mol. The van der Waals surface area contributed by atoms with Crippen molar-refractivity contribution in [1.82, 2.24) is 4.98 Å². The van der Waals surface area contributed by atoms with Gasteiger partial charge < -0.3 is 19.9 Å². The van der Waals surface area contributed by atoms with Crippen LogP contribution in [0.3, 0.4) is 0 Å². The first kappa shape index (κ1) is 18.3. The minimum atomic E-state index is -0.122. The number of anilines is 3. The SMILES string of the molecule is COc1ccc(N2CCN(c3ccc(NC(=O)c4cccs4)nc3)CC2)cc1. The Balaban J connectivity index is 1.33. The Morgan fingerprint density at radius 3 is 2.25 bits per heavy atom. The molecule has 3 aromatic rings. The maximum absolute atomic E-state index is 12.1. The van der Waals surface area contributed by atoms with Crippen LogP contribution in [-0.4, -0.2) is 44.2 Å². The van der Waals surface area contributed by atoms with Gasteiger partial charge in [0.05, 0.1) is 23.9 Å². The Labute approximate surface area is 168 Å². The van der Waals surface area contributed by atoms with Gasteiger partial charge in [0.25, 0.3) is 5.91 Å². The van der Waals surface area contributed by atoms with E-state index in [9.17, 15) is 4.79 Å². The Bertz CT molecular complexity index is 903. The van der Waals surface area contributed by atoms with Gasteiger partial charge in [-0.15, -0.1) is 11.3 Å². The second kappa shape index (κ2) is 8.31. The molecule has 4 rings (SSSR count). The van der Waals surface area contributed by atoms with Crippen LogP contribution < -0.4 is 19.9 Å². The summed E-state index contributed by atoms with van der Waals surface area (Å²) in [4.78, 5) is 21.9. The third-order valence-corrected chi connectivity index (χ3v) is 5.69. The number of carbonyl (C=O) groups excluding carboxylic acids is 1. The van der Waals surface area contributed by atoms with Crippen molar-refractivity contribution in [3.63, 3.8) is 0 Å². The minimum absolute atomic E-state index is 0.122. The lowest BCUT2D eigenvalue weighted by atomic mass is 10.2. The number of rotatable bonds is 5. The molecule has 6 nitrogen and oxygen atoms in total. The summed E-state index contributed by atoms with van der Waals surface area (Å²) in [5.41, 5.74) is 2.29. The molecule has 28 heavy (non-hydrogen) atoms. The Kier molecular flexibility index (Phi) is 5.43. The van der Waals surface area contributed by atoms with E-state index in [1.165, 1.54) is 17.0 Å². The van der Waals surface area contributed by atoms with Gasteiger partial charge in [-0.2, -0.15) is 0 Å². The van der Waals surface area contributed by atoms with E-state index in [1.807, 2.05) is 41.9 Å². The number of nitrogens with one attached hydrogen (secondary N) is 1. The summed E-state index contributed by atoms with van der Waals surface area (Å²) < 4.78 is 5.23. The molecule has 0 bridgehead atoms. The molecular weight excluding hydrogens is 372 g/mol. The van der Waals surface area contributed by atoms with Crippen LogP contribution in [0.4, 0.5) is 17.2 Å². The van der Waals surface area contributed by atoms with Gasteiger partial charge in [0.15, 0.2) is 0 Å². The number of ether oxygens (including phenoxy) is 1. The van der Waals surface area contributed by atoms with Crippen molar-refractivity contribution < 1.29 is 9.53 Å². The highest BCUT2D eigenvalue weighted by atomic mass is 32.1.